The van der Waals surface area contributed by atoms with E-state index in [0.29, 0.717) is 24.5 Å². The molecule has 0 aliphatic carbocycles. The number of aryl methyl sites for hydroxylation is 1. The number of fused-ring (bicyclic) bond motifs is 1. The fourth-order valence-corrected chi connectivity index (χ4v) is 5.22. The monoisotopic (exact) mass is 343 g/mol. The van der Waals surface area contributed by atoms with Crippen molar-refractivity contribution in [3.05, 3.63) is 29.7 Å². The maximum atomic E-state index is 12.4. The van der Waals surface area contributed by atoms with Gasteiger partial charge < -0.3 is 9.05 Å². The van der Waals surface area contributed by atoms with E-state index in [9.17, 15) is 4.57 Å². The number of rotatable bonds is 9. The van der Waals surface area contributed by atoms with Crippen molar-refractivity contribution >= 4 is 25.0 Å². The molecule has 2 heterocycles. The Morgan fingerprint density at radius 3 is 2.64 bits per heavy atom. The molecule has 0 radical (unpaired) electrons. The summed E-state index contributed by atoms with van der Waals surface area (Å²) in [5.41, 5.74) is 3.24. The van der Waals surface area contributed by atoms with Crippen LogP contribution in [0, 0.1) is 0 Å². The molecule has 0 amide bonds. The van der Waals surface area contributed by atoms with Gasteiger partial charge in [-0.15, -0.1) is 11.8 Å². The third-order valence-corrected chi connectivity index (χ3v) is 6.80. The average Bonchev–Trinajstić information content (AvgIpc) is 2.96. The molecule has 0 saturated carbocycles. The summed E-state index contributed by atoms with van der Waals surface area (Å²) < 4.78 is 24.9. The SMILES string of the molecule is CCOP(=O)(CSCc1cc(CC)nc2ccnn12)OCC. The van der Waals surface area contributed by atoms with Crippen LogP contribution in [0.4, 0.5) is 0 Å². The van der Waals surface area contributed by atoms with E-state index in [1.54, 1.807) is 6.20 Å². The molecule has 22 heavy (non-hydrogen) atoms. The molecule has 0 aliphatic heterocycles. The second-order valence-electron chi connectivity index (χ2n) is 4.62. The van der Waals surface area contributed by atoms with Crippen LogP contribution in [-0.4, -0.2) is 33.3 Å². The first-order valence-corrected chi connectivity index (χ1v) is 10.3. The molecule has 0 atom stereocenters. The molecule has 0 spiro atoms. The highest BCUT2D eigenvalue weighted by atomic mass is 32.2. The minimum absolute atomic E-state index is 0.335. The van der Waals surface area contributed by atoms with E-state index in [2.05, 4.69) is 17.0 Å². The molecule has 0 saturated heterocycles. The summed E-state index contributed by atoms with van der Waals surface area (Å²) in [7, 11) is -3.00. The minimum atomic E-state index is -3.00. The van der Waals surface area contributed by atoms with E-state index in [-0.39, 0.29) is 0 Å². The van der Waals surface area contributed by atoms with Gasteiger partial charge in [-0.3, -0.25) is 4.57 Å². The van der Waals surface area contributed by atoms with Crippen LogP contribution < -0.4 is 0 Å². The predicted molar refractivity (Wildman–Crippen MR) is 89.4 cm³/mol. The van der Waals surface area contributed by atoms with Crippen LogP contribution >= 0.6 is 19.4 Å². The minimum Gasteiger partial charge on any atom is -0.308 e. The van der Waals surface area contributed by atoms with Crippen LogP contribution in [0.1, 0.15) is 32.2 Å². The molecule has 0 N–H and O–H groups in total. The highest BCUT2D eigenvalue weighted by molar-refractivity contribution is 8.03. The molecule has 122 valence electrons. The Labute approximate surface area is 135 Å². The Bertz CT molecular complexity index is 652. The summed E-state index contributed by atoms with van der Waals surface area (Å²) in [5, 5.41) is 4.29. The number of hydrogen-bond donors (Lipinski definition) is 0. The van der Waals surface area contributed by atoms with Gasteiger partial charge in [-0.05, 0) is 26.3 Å². The first-order valence-electron chi connectivity index (χ1n) is 7.40. The second kappa shape index (κ2) is 8.11. The third-order valence-electron chi connectivity index (χ3n) is 3.00. The van der Waals surface area contributed by atoms with Crippen LogP contribution in [0.2, 0.25) is 0 Å². The van der Waals surface area contributed by atoms with Gasteiger partial charge in [0.15, 0.2) is 5.65 Å². The Kier molecular flexibility index (Phi) is 6.44. The third kappa shape index (κ3) is 4.32. The lowest BCUT2D eigenvalue weighted by Crippen LogP contribution is -2.03. The van der Waals surface area contributed by atoms with Crippen molar-refractivity contribution in [2.75, 3.05) is 18.7 Å². The van der Waals surface area contributed by atoms with E-state index < -0.39 is 7.60 Å². The summed E-state index contributed by atoms with van der Waals surface area (Å²) in [6.07, 6.45) is 2.61. The molecule has 8 heteroatoms. The first-order chi connectivity index (χ1) is 10.6. The molecule has 0 unspecified atom stereocenters. The van der Waals surface area contributed by atoms with Crippen molar-refractivity contribution in [2.45, 2.75) is 32.9 Å². The zero-order valence-corrected chi connectivity index (χ0v) is 14.9. The summed E-state index contributed by atoms with van der Waals surface area (Å²) in [6, 6.07) is 3.93. The van der Waals surface area contributed by atoms with Crippen molar-refractivity contribution < 1.29 is 13.6 Å². The van der Waals surface area contributed by atoms with Crippen LogP contribution in [0.15, 0.2) is 18.3 Å². The topological polar surface area (TPSA) is 65.7 Å². The highest BCUT2D eigenvalue weighted by Gasteiger charge is 2.23. The molecule has 6 nitrogen and oxygen atoms in total. The lowest BCUT2D eigenvalue weighted by atomic mass is 10.3. The van der Waals surface area contributed by atoms with Crippen molar-refractivity contribution in [3.8, 4) is 0 Å². The first kappa shape index (κ1) is 17.5. The van der Waals surface area contributed by atoms with Gasteiger partial charge in [-0.1, -0.05) is 6.92 Å². The van der Waals surface area contributed by atoms with Gasteiger partial charge >= 0.3 is 7.60 Å². The predicted octanol–water partition coefficient (Wildman–Crippen LogP) is 3.75. The Morgan fingerprint density at radius 1 is 1.27 bits per heavy atom. The van der Waals surface area contributed by atoms with Crippen LogP contribution in [0.25, 0.3) is 5.65 Å². The normalized spacial score (nSPS) is 12.1. The number of nitrogens with zero attached hydrogens (tertiary/aromatic N) is 3. The average molecular weight is 343 g/mol. The fraction of sp³-hybridized carbons (Fsp3) is 0.571. The number of hydrogen-bond acceptors (Lipinski definition) is 6. The molecule has 0 aliphatic rings. The molecule has 0 bridgehead atoms. The van der Waals surface area contributed by atoms with E-state index in [1.165, 1.54) is 11.8 Å². The molecule has 0 fully saturated rings. The van der Waals surface area contributed by atoms with E-state index in [4.69, 9.17) is 9.05 Å². The van der Waals surface area contributed by atoms with Gasteiger partial charge in [0.25, 0.3) is 0 Å². The number of thioether (sulfide) groups is 1. The Balaban J connectivity index is 2.08. The van der Waals surface area contributed by atoms with Gasteiger partial charge in [0.05, 0.1) is 30.6 Å². The molecule has 0 aromatic carbocycles. The highest BCUT2D eigenvalue weighted by Crippen LogP contribution is 2.51. The summed E-state index contributed by atoms with van der Waals surface area (Å²) in [4.78, 5) is 4.52. The molecular formula is C14H22N3O3PS. The largest absolute Gasteiger partial charge is 0.340 e. The smallest absolute Gasteiger partial charge is 0.308 e. The maximum absolute atomic E-state index is 12.4. The van der Waals surface area contributed by atoms with Gasteiger partial charge in [0.1, 0.15) is 0 Å². The van der Waals surface area contributed by atoms with Gasteiger partial charge in [-0.2, -0.15) is 5.10 Å². The van der Waals surface area contributed by atoms with E-state index >= 15 is 0 Å². The zero-order valence-electron chi connectivity index (χ0n) is 13.2. The molecular weight excluding hydrogens is 321 g/mol. The van der Waals surface area contributed by atoms with Gasteiger partial charge in [-0.25, -0.2) is 9.50 Å². The summed E-state index contributed by atoms with van der Waals surface area (Å²) in [6.45, 7) is 6.48. The van der Waals surface area contributed by atoms with Crippen molar-refractivity contribution in [3.63, 3.8) is 0 Å². The second-order valence-corrected chi connectivity index (χ2v) is 8.09. The van der Waals surface area contributed by atoms with Crippen molar-refractivity contribution in [1.29, 1.82) is 0 Å². The van der Waals surface area contributed by atoms with Crippen LogP contribution in [-0.2, 0) is 25.8 Å². The lowest BCUT2D eigenvalue weighted by molar-refractivity contribution is 0.224. The quantitative estimate of drug-likeness (QED) is 0.646. The van der Waals surface area contributed by atoms with Crippen molar-refractivity contribution in [1.82, 2.24) is 14.6 Å². The maximum Gasteiger partial charge on any atom is 0.340 e. The van der Waals surface area contributed by atoms with E-state index in [0.717, 1.165) is 23.5 Å². The standard InChI is InChI=1S/C14H22N3O3PS/c1-4-12-9-13(17-14(16-12)7-8-15-17)10-22-11-21(18,19-5-2)20-6-3/h7-9H,4-6,10-11H2,1-3H3. The van der Waals surface area contributed by atoms with Gasteiger partial charge in [0, 0.05) is 17.5 Å². The fourth-order valence-electron chi connectivity index (χ4n) is 2.09. The van der Waals surface area contributed by atoms with Gasteiger partial charge in [0.2, 0.25) is 0 Å². The Hall–Kier alpha value is -0.880. The zero-order chi connectivity index (χ0) is 16.0. The summed E-state index contributed by atoms with van der Waals surface area (Å²) in [5.74, 6) is 0.678. The molecule has 2 aromatic heterocycles. The van der Waals surface area contributed by atoms with Crippen LogP contribution in [0.5, 0.6) is 0 Å². The van der Waals surface area contributed by atoms with E-state index in [1.807, 2.05) is 30.5 Å². The van der Waals surface area contributed by atoms with Crippen molar-refractivity contribution in [2.24, 2.45) is 0 Å². The van der Waals surface area contributed by atoms with Crippen LogP contribution in [0.3, 0.4) is 0 Å². The summed E-state index contributed by atoms with van der Waals surface area (Å²) >= 11 is 1.53. The number of aromatic nitrogens is 3. The lowest BCUT2D eigenvalue weighted by Gasteiger charge is -2.16. The molecule has 2 rings (SSSR count). The molecule has 2 aromatic rings. The Morgan fingerprint density at radius 2 is 2.00 bits per heavy atom.